The quantitative estimate of drug-likeness (QED) is 0.696. The van der Waals surface area contributed by atoms with E-state index in [9.17, 15) is 14.4 Å². The summed E-state index contributed by atoms with van der Waals surface area (Å²) in [6.45, 7) is 3.28. The lowest BCUT2D eigenvalue weighted by Crippen LogP contribution is -2.07. The molecule has 0 aliphatic heterocycles. The Morgan fingerprint density at radius 2 is 1.46 bits per heavy atom. The largest absolute Gasteiger partial charge is 0.481 e. The number of rotatable bonds is 3. The second-order valence-corrected chi connectivity index (χ2v) is 5.74. The molecule has 3 N–H and O–H groups in total. The second kappa shape index (κ2) is 14.7. The van der Waals surface area contributed by atoms with Crippen molar-refractivity contribution in [1.82, 2.24) is 0 Å². The number of hydrogen-bond donors (Lipinski definition) is 3. The smallest absolute Gasteiger partial charge is 0.331 e. The van der Waals surface area contributed by atoms with Gasteiger partial charge < -0.3 is 15.3 Å². The molecule has 24 heavy (non-hydrogen) atoms. The molecule has 2 aliphatic carbocycles. The van der Waals surface area contributed by atoms with E-state index in [1.165, 1.54) is 0 Å². The van der Waals surface area contributed by atoms with Crippen LogP contribution in [0.1, 0.15) is 73.6 Å². The third kappa shape index (κ3) is 12.7. The van der Waals surface area contributed by atoms with Gasteiger partial charge in [0.25, 0.3) is 0 Å². The predicted octanol–water partition coefficient (Wildman–Crippen LogP) is 4.44. The first kappa shape index (κ1) is 27.0. The van der Waals surface area contributed by atoms with Gasteiger partial charge in [0.2, 0.25) is 0 Å². The van der Waals surface area contributed by atoms with Gasteiger partial charge >= 0.3 is 17.9 Å². The van der Waals surface area contributed by atoms with E-state index in [-0.39, 0.29) is 26.7 Å². The van der Waals surface area contributed by atoms with Crippen molar-refractivity contribution in [3.8, 4) is 0 Å². The van der Waals surface area contributed by atoms with Crippen molar-refractivity contribution in [2.24, 2.45) is 11.8 Å². The fourth-order valence-corrected chi connectivity index (χ4v) is 2.04. The van der Waals surface area contributed by atoms with Crippen LogP contribution in [0.5, 0.6) is 0 Å². The number of aliphatic carboxylic acids is 3. The Bertz CT molecular complexity index is 406. The molecule has 0 aromatic carbocycles. The van der Waals surface area contributed by atoms with Crippen LogP contribution in [0.3, 0.4) is 0 Å². The minimum absolute atomic E-state index is 0. The average Bonchev–Trinajstić information content (AvgIpc) is 3.14. The summed E-state index contributed by atoms with van der Waals surface area (Å²) in [6, 6.07) is 0. The van der Waals surface area contributed by atoms with E-state index < -0.39 is 17.9 Å². The summed E-state index contributed by atoms with van der Waals surface area (Å²) >= 11 is 0. The van der Waals surface area contributed by atoms with Crippen LogP contribution in [-0.4, -0.2) is 33.2 Å². The maximum atomic E-state index is 10.2. The van der Waals surface area contributed by atoms with Crippen molar-refractivity contribution in [2.45, 2.75) is 73.6 Å². The van der Waals surface area contributed by atoms with E-state index in [0.717, 1.165) is 44.9 Å². The number of carboxylic acids is 3. The second-order valence-electron chi connectivity index (χ2n) is 5.74. The maximum absolute atomic E-state index is 10.2. The van der Waals surface area contributed by atoms with Crippen LogP contribution in [0.25, 0.3) is 0 Å². The molecule has 2 aliphatic rings. The molecule has 1 saturated carbocycles. The summed E-state index contributed by atoms with van der Waals surface area (Å²) < 4.78 is 0. The molecule has 0 unspecified atom stereocenters. The number of allylic oxidation sites excluding steroid dienone is 1. The zero-order valence-electron chi connectivity index (χ0n) is 13.2. The van der Waals surface area contributed by atoms with Crippen molar-refractivity contribution >= 4 is 17.9 Å². The molecule has 0 amide bonds. The van der Waals surface area contributed by atoms with Gasteiger partial charge in [-0.3, -0.25) is 9.59 Å². The molecule has 6 heteroatoms. The average molecular weight is 346 g/mol. The highest BCUT2D eigenvalue weighted by molar-refractivity contribution is 5.86. The van der Waals surface area contributed by atoms with Crippen LogP contribution in [0.4, 0.5) is 0 Å². The van der Waals surface area contributed by atoms with Gasteiger partial charge in [0.1, 0.15) is 0 Å². The zero-order valence-corrected chi connectivity index (χ0v) is 13.2. The fourth-order valence-electron chi connectivity index (χ4n) is 2.04. The van der Waals surface area contributed by atoms with E-state index in [4.69, 9.17) is 15.3 Å². The third-order valence-corrected chi connectivity index (χ3v) is 3.51. The van der Waals surface area contributed by atoms with Crippen LogP contribution >= 0.6 is 0 Å². The Balaban J connectivity index is -0.000000268. The van der Waals surface area contributed by atoms with Crippen molar-refractivity contribution in [3.63, 3.8) is 0 Å². The van der Waals surface area contributed by atoms with E-state index in [0.29, 0.717) is 5.57 Å². The lowest BCUT2D eigenvalue weighted by Gasteiger charge is -1.97. The highest BCUT2D eigenvalue weighted by atomic mass is 16.4. The molecule has 142 valence electrons. The summed E-state index contributed by atoms with van der Waals surface area (Å²) in [4.78, 5) is 30.0. The number of carbonyl (C=O) groups is 3. The van der Waals surface area contributed by atoms with E-state index in [2.05, 4.69) is 0 Å². The summed E-state index contributed by atoms with van der Waals surface area (Å²) in [5.41, 5.74) is 0.588. The monoisotopic (exact) mass is 346 g/mol. The molecule has 0 spiro atoms. The zero-order chi connectivity index (χ0) is 17.1. The first-order valence-corrected chi connectivity index (χ1v) is 7.63. The first-order valence-electron chi connectivity index (χ1n) is 7.63. The van der Waals surface area contributed by atoms with Gasteiger partial charge in [0.15, 0.2) is 0 Å². The molecule has 6 nitrogen and oxygen atoms in total. The van der Waals surface area contributed by atoms with Crippen molar-refractivity contribution in [2.75, 3.05) is 0 Å². The SMILES string of the molecule is C.C.CC(C)C(=O)O.O=C(O)C1=CCCC1.O=C(O)C1CCCC1. The van der Waals surface area contributed by atoms with Gasteiger partial charge in [-0.1, -0.05) is 47.6 Å². The minimum Gasteiger partial charge on any atom is -0.481 e. The molecule has 0 heterocycles. The molecule has 0 aromatic heterocycles. The topological polar surface area (TPSA) is 112 Å². The summed E-state index contributed by atoms with van der Waals surface area (Å²) in [5.74, 6) is -2.35. The summed E-state index contributed by atoms with van der Waals surface area (Å²) in [5, 5.41) is 24.7. The number of hydrogen-bond acceptors (Lipinski definition) is 3. The lowest BCUT2D eigenvalue weighted by molar-refractivity contribution is -0.142. The Morgan fingerprint density at radius 3 is 1.62 bits per heavy atom. The van der Waals surface area contributed by atoms with Crippen LogP contribution in [0, 0.1) is 11.8 Å². The Morgan fingerprint density at radius 1 is 1.00 bits per heavy atom. The van der Waals surface area contributed by atoms with Crippen LogP contribution in [0.15, 0.2) is 11.6 Å². The lowest BCUT2D eigenvalue weighted by atomic mass is 10.1. The number of carboxylic acid groups (broad SMARTS) is 3. The van der Waals surface area contributed by atoms with Crippen molar-refractivity contribution in [3.05, 3.63) is 11.6 Å². The predicted molar refractivity (Wildman–Crippen MR) is 95.1 cm³/mol. The fraction of sp³-hybridized carbons (Fsp3) is 0.722. The maximum Gasteiger partial charge on any atom is 0.331 e. The normalized spacial score (nSPS) is 15.5. The Kier molecular flexibility index (Phi) is 16.6. The van der Waals surface area contributed by atoms with E-state index in [1.54, 1.807) is 19.9 Å². The van der Waals surface area contributed by atoms with Gasteiger partial charge in [-0.2, -0.15) is 0 Å². The Hall–Kier alpha value is -1.85. The molecular weight excluding hydrogens is 312 g/mol. The third-order valence-electron chi connectivity index (χ3n) is 3.51. The molecule has 0 radical (unpaired) electrons. The van der Waals surface area contributed by atoms with Gasteiger partial charge in [-0.15, -0.1) is 0 Å². The molecular formula is C18H34O6. The van der Waals surface area contributed by atoms with Gasteiger partial charge in [-0.25, -0.2) is 4.79 Å². The molecule has 0 aromatic rings. The van der Waals surface area contributed by atoms with Gasteiger partial charge in [0.05, 0.1) is 11.8 Å². The molecule has 0 bridgehead atoms. The molecule has 1 fully saturated rings. The van der Waals surface area contributed by atoms with Gasteiger partial charge in [0, 0.05) is 5.57 Å². The molecule has 0 atom stereocenters. The first-order chi connectivity index (χ1) is 10.3. The minimum atomic E-state index is -0.748. The van der Waals surface area contributed by atoms with E-state index in [1.807, 2.05) is 0 Å². The van der Waals surface area contributed by atoms with E-state index >= 15 is 0 Å². The standard InChI is InChI=1S/C6H10O2.C6H8O2.C4H8O2.2CH4/c2*7-6(8)5-3-1-2-4-5;1-3(2)4(5)6;;/h5H,1-4H2,(H,7,8);3H,1-2,4H2,(H,7,8);3H,1-2H3,(H,5,6);2*1H4. The van der Waals surface area contributed by atoms with Crippen LogP contribution in [-0.2, 0) is 14.4 Å². The highest BCUT2D eigenvalue weighted by Gasteiger charge is 2.21. The molecule has 2 rings (SSSR count). The van der Waals surface area contributed by atoms with Crippen LogP contribution < -0.4 is 0 Å². The molecule has 0 saturated heterocycles. The van der Waals surface area contributed by atoms with Gasteiger partial charge in [-0.05, 0) is 32.1 Å². The van der Waals surface area contributed by atoms with Crippen LogP contribution in [0.2, 0.25) is 0 Å². The van der Waals surface area contributed by atoms with Crippen molar-refractivity contribution in [1.29, 1.82) is 0 Å². The highest BCUT2D eigenvalue weighted by Crippen LogP contribution is 2.24. The summed E-state index contributed by atoms with van der Waals surface area (Å²) in [7, 11) is 0. The van der Waals surface area contributed by atoms with Crippen molar-refractivity contribution < 1.29 is 29.7 Å². The summed E-state index contributed by atoms with van der Waals surface area (Å²) in [6.07, 6.45) is 8.53. The Labute approximate surface area is 145 Å².